The maximum Gasteiger partial charge on any atom is 0.338 e. The SMILES string of the molecule is O=C(OC[C@@H]1CO[C@@](Cn2cncn2)(c2ccc(F)cc2F)O1)c1cc([N+](=O)[O-])cc([N+](=O)[O-])c1. The van der Waals surface area contributed by atoms with Crippen molar-refractivity contribution in [3.8, 4) is 0 Å². The summed E-state index contributed by atoms with van der Waals surface area (Å²) < 4.78 is 46.1. The molecule has 13 nitrogen and oxygen atoms in total. The molecule has 15 heteroatoms. The Balaban J connectivity index is 1.52. The Hall–Kier alpha value is -4.37. The first kappa shape index (κ1) is 23.8. The van der Waals surface area contributed by atoms with Gasteiger partial charge >= 0.3 is 5.97 Å². The minimum atomic E-state index is -1.76. The molecule has 1 saturated heterocycles. The zero-order chi connectivity index (χ0) is 25.2. The fourth-order valence-corrected chi connectivity index (χ4v) is 3.46. The van der Waals surface area contributed by atoms with Crippen LogP contribution in [0.4, 0.5) is 20.2 Å². The number of halogens is 2. The van der Waals surface area contributed by atoms with Crippen LogP contribution < -0.4 is 0 Å². The molecule has 1 aliphatic heterocycles. The van der Waals surface area contributed by atoms with Crippen molar-refractivity contribution >= 4 is 17.3 Å². The van der Waals surface area contributed by atoms with Crippen molar-refractivity contribution in [3.63, 3.8) is 0 Å². The molecule has 0 N–H and O–H groups in total. The second-order valence-corrected chi connectivity index (χ2v) is 7.37. The molecule has 1 fully saturated rings. The van der Waals surface area contributed by atoms with E-state index < -0.39 is 62.9 Å². The molecule has 0 unspecified atom stereocenters. The molecule has 0 saturated carbocycles. The number of nitro benzene ring substituents is 2. The number of hydrogen-bond donors (Lipinski definition) is 0. The molecule has 1 aromatic heterocycles. The average molecular weight is 491 g/mol. The van der Waals surface area contributed by atoms with Crippen LogP contribution in [0.1, 0.15) is 15.9 Å². The van der Waals surface area contributed by atoms with E-state index in [4.69, 9.17) is 14.2 Å². The predicted molar refractivity (Wildman–Crippen MR) is 109 cm³/mol. The van der Waals surface area contributed by atoms with E-state index in [1.807, 2.05) is 0 Å². The summed E-state index contributed by atoms with van der Waals surface area (Å²) in [5, 5.41) is 26.0. The molecule has 2 atom stereocenters. The van der Waals surface area contributed by atoms with Gasteiger partial charge in [0.25, 0.3) is 11.4 Å². The number of carbonyl (C=O) groups is 1. The maximum atomic E-state index is 14.6. The van der Waals surface area contributed by atoms with Gasteiger partial charge in [-0.2, -0.15) is 5.10 Å². The number of nitrogens with zero attached hydrogens (tertiary/aromatic N) is 5. The third kappa shape index (κ3) is 5.10. The minimum absolute atomic E-state index is 0.127. The highest BCUT2D eigenvalue weighted by Crippen LogP contribution is 2.37. The summed E-state index contributed by atoms with van der Waals surface area (Å²) in [5.41, 5.74) is -1.86. The number of hydrogen-bond acceptors (Lipinski definition) is 10. The van der Waals surface area contributed by atoms with Gasteiger partial charge in [-0.05, 0) is 12.1 Å². The number of aromatic nitrogens is 3. The zero-order valence-electron chi connectivity index (χ0n) is 17.6. The van der Waals surface area contributed by atoms with E-state index >= 15 is 0 Å². The summed E-state index contributed by atoms with van der Waals surface area (Å²) in [6, 6.07) is 5.22. The van der Waals surface area contributed by atoms with E-state index in [-0.39, 0.29) is 18.7 Å². The molecule has 1 aliphatic rings. The van der Waals surface area contributed by atoms with Crippen LogP contribution in [-0.4, -0.2) is 49.9 Å². The highest BCUT2D eigenvalue weighted by atomic mass is 19.1. The van der Waals surface area contributed by atoms with Crippen LogP contribution >= 0.6 is 0 Å². The Bertz CT molecular complexity index is 1260. The zero-order valence-corrected chi connectivity index (χ0v) is 17.6. The van der Waals surface area contributed by atoms with Gasteiger partial charge in [-0.15, -0.1) is 0 Å². The van der Waals surface area contributed by atoms with Gasteiger partial charge < -0.3 is 14.2 Å². The van der Waals surface area contributed by atoms with E-state index in [9.17, 15) is 33.8 Å². The van der Waals surface area contributed by atoms with Crippen molar-refractivity contribution in [2.45, 2.75) is 18.4 Å². The Morgan fingerprint density at radius 2 is 1.89 bits per heavy atom. The molecule has 2 aromatic carbocycles. The van der Waals surface area contributed by atoms with Gasteiger partial charge in [0.15, 0.2) is 0 Å². The number of rotatable bonds is 8. The van der Waals surface area contributed by atoms with Crippen LogP contribution in [0, 0.1) is 31.9 Å². The van der Waals surface area contributed by atoms with Crippen LogP contribution in [-0.2, 0) is 26.5 Å². The molecule has 4 rings (SSSR count). The Kier molecular flexibility index (Phi) is 6.44. The van der Waals surface area contributed by atoms with Crippen molar-refractivity contribution in [2.75, 3.05) is 13.2 Å². The van der Waals surface area contributed by atoms with Gasteiger partial charge in [-0.1, -0.05) is 0 Å². The average Bonchev–Trinajstić information content (AvgIpc) is 3.47. The summed E-state index contributed by atoms with van der Waals surface area (Å²) in [5.74, 6) is -4.59. The standard InChI is InChI=1S/C20H15F2N5O8/c21-13-1-2-17(18(22)5-13)20(9-25-11-23-10-24-25)34-8-16(35-20)7-33-19(28)12-3-14(26(29)30)6-15(4-12)27(31)32/h1-6,10-11,16H,7-9H2/t16-,20-/m1/s1. The largest absolute Gasteiger partial charge is 0.459 e. The molecular weight excluding hydrogens is 476 g/mol. The van der Waals surface area contributed by atoms with Crippen molar-refractivity contribution in [1.29, 1.82) is 0 Å². The number of non-ortho nitro benzene ring substituents is 2. The molecule has 0 bridgehead atoms. The van der Waals surface area contributed by atoms with Crippen LogP contribution in [0.5, 0.6) is 0 Å². The maximum absolute atomic E-state index is 14.6. The molecule has 0 amide bonds. The van der Waals surface area contributed by atoms with E-state index in [0.717, 1.165) is 24.3 Å². The number of nitro groups is 2. The molecule has 0 aliphatic carbocycles. The first-order valence-electron chi connectivity index (χ1n) is 9.87. The highest BCUT2D eigenvalue weighted by molar-refractivity contribution is 5.91. The molecule has 2 heterocycles. The topological polar surface area (TPSA) is 162 Å². The lowest BCUT2D eigenvalue weighted by Gasteiger charge is -2.28. The molecule has 182 valence electrons. The fraction of sp³-hybridized carbons (Fsp3) is 0.250. The van der Waals surface area contributed by atoms with Crippen LogP contribution in [0.25, 0.3) is 0 Å². The first-order valence-corrected chi connectivity index (χ1v) is 9.87. The van der Waals surface area contributed by atoms with E-state index in [1.54, 1.807) is 0 Å². The number of ether oxygens (including phenoxy) is 3. The van der Waals surface area contributed by atoms with Crippen molar-refractivity contribution in [2.24, 2.45) is 0 Å². The van der Waals surface area contributed by atoms with Crippen molar-refractivity contribution in [3.05, 3.63) is 92.0 Å². The lowest BCUT2D eigenvalue weighted by atomic mass is 10.0. The van der Waals surface area contributed by atoms with E-state index in [1.165, 1.54) is 17.3 Å². The Morgan fingerprint density at radius 3 is 2.49 bits per heavy atom. The molecule has 0 radical (unpaired) electrons. The fourth-order valence-electron chi connectivity index (χ4n) is 3.46. The van der Waals surface area contributed by atoms with E-state index in [0.29, 0.717) is 12.1 Å². The minimum Gasteiger partial charge on any atom is -0.459 e. The lowest BCUT2D eigenvalue weighted by Crippen LogP contribution is -2.35. The summed E-state index contributed by atoms with van der Waals surface area (Å²) in [6.07, 6.45) is 1.64. The molecule has 3 aromatic rings. The molecule has 35 heavy (non-hydrogen) atoms. The van der Waals surface area contributed by atoms with Gasteiger partial charge in [0.1, 0.15) is 43.5 Å². The van der Waals surface area contributed by atoms with Gasteiger partial charge in [0.2, 0.25) is 5.79 Å². The summed E-state index contributed by atoms with van der Waals surface area (Å²) in [6.45, 7) is -0.776. The number of benzene rings is 2. The monoisotopic (exact) mass is 491 g/mol. The second-order valence-electron chi connectivity index (χ2n) is 7.37. The Morgan fingerprint density at radius 1 is 1.17 bits per heavy atom. The number of esters is 1. The van der Waals surface area contributed by atoms with Crippen molar-refractivity contribution in [1.82, 2.24) is 14.8 Å². The molecular formula is C20H15F2N5O8. The van der Waals surface area contributed by atoms with E-state index in [2.05, 4.69) is 10.1 Å². The van der Waals surface area contributed by atoms with Gasteiger partial charge in [-0.3, -0.25) is 20.2 Å². The normalized spacial score (nSPS) is 19.4. The quantitative estimate of drug-likeness (QED) is 0.260. The van der Waals surface area contributed by atoms with Crippen LogP contribution in [0.2, 0.25) is 0 Å². The van der Waals surface area contributed by atoms with Gasteiger partial charge in [-0.25, -0.2) is 23.2 Å². The van der Waals surface area contributed by atoms with Gasteiger partial charge in [0.05, 0.1) is 28.1 Å². The Labute approximate surface area is 194 Å². The van der Waals surface area contributed by atoms with Crippen LogP contribution in [0.15, 0.2) is 49.1 Å². The summed E-state index contributed by atoms with van der Waals surface area (Å²) in [4.78, 5) is 36.5. The molecule has 0 spiro atoms. The number of carbonyl (C=O) groups excluding carboxylic acids is 1. The third-order valence-corrected chi connectivity index (χ3v) is 5.00. The summed E-state index contributed by atoms with van der Waals surface area (Å²) in [7, 11) is 0. The van der Waals surface area contributed by atoms with Gasteiger partial charge in [0, 0.05) is 23.8 Å². The lowest BCUT2D eigenvalue weighted by molar-refractivity contribution is -0.394. The predicted octanol–water partition coefficient (Wildman–Crippen LogP) is 2.50. The van der Waals surface area contributed by atoms with Crippen molar-refractivity contribution < 1.29 is 37.6 Å². The second kappa shape index (κ2) is 9.47. The van der Waals surface area contributed by atoms with Crippen LogP contribution in [0.3, 0.4) is 0 Å². The highest BCUT2D eigenvalue weighted by Gasteiger charge is 2.46. The smallest absolute Gasteiger partial charge is 0.338 e. The third-order valence-electron chi connectivity index (χ3n) is 5.00. The summed E-state index contributed by atoms with van der Waals surface area (Å²) >= 11 is 0. The first-order chi connectivity index (χ1) is 16.7.